The van der Waals surface area contributed by atoms with E-state index in [1.54, 1.807) is 18.2 Å². The molecule has 2 aliphatic rings. The van der Waals surface area contributed by atoms with Gasteiger partial charge >= 0.3 is 5.97 Å². The van der Waals surface area contributed by atoms with Crippen molar-refractivity contribution in [2.75, 3.05) is 6.61 Å². The van der Waals surface area contributed by atoms with Crippen molar-refractivity contribution in [1.82, 2.24) is 5.32 Å². The smallest absolute Gasteiger partial charge is 0.330 e. The summed E-state index contributed by atoms with van der Waals surface area (Å²) >= 11 is 0. The monoisotopic (exact) mass is 393 g/mol. The molecule has 0 fully saturated rings. The number of benzene rings is 2. The van der Waals surface area contributed by atoms with Crippen LogP contribution in [-0.4, -0.2) is 29.4 Å². The average Bonchev–Trinajstić information content (AvgIpc) is 3.37. The Morgan fingerprint density at radius 1 is 0.966 bits per heavy atom. The number of hydrogen-bond acceptors (Lipinski definition) is 4. The third kappa shape index (κ3) is 4.16. The van der Waals surface area contributed by atoms with Gasteiger partial charge in [0.1, 0.15) is 5.75 Å². The van der Waals surface area contributed by atoms with Gasteiger partial charge in [-0.15, -0.1) is 0 Å². The summed E-state index contributed by atoms with van der Waals surface area (Å²) in [4.78, 5) is 36.5. The Balaban J connectivity index is 1.37. The van der Waals surface area contributed by atoms with E-state index in [1.807, 2.05) is 18.2 Å². The molecule has 0 aromatic heterocycles. The van der Waals surface area contributed by atoms with Crippen LogP contribution in [0.1, 0.15) is 57.9 Å². The molecule has 4 rings (SSSR count). The molecule has 2 aromatic carbocycles. The molecule has 2 aromatic rings. The van der Waals surface area contributed by atoms with Gasteiger partial charge in [0.25, 0.3) is 0 Å². The first-order chi connectivity index (χ1) is 14.0. The Kier molecular flexibility index (Phi) is 5.34. The zero-order valence-electron chi connectivity index (χ0n) is 16.1. The molecule has 1 unspecified atom stereocenters. The summed E-state index contributed by atoms with van der Waals surface area (Å²) in [6, 6.07) is 9.73. The van der Waals surface area contributed by atoms with Crippen LogP contribution in [0.25, 0.3) is 0 Å². The summed E-state index contributed by atoms with van der Waals surface area (Å²) in [7, 11) is 0. The first-order valence-electron chi connectivity index (χ1n) is 9.94. The summed E-state index contributed by atoms with van der Waals surface area (Å²) in [6.07, 6.45) is 3.88. The topological polar surface area (TPSA) is 92.7 Å². The molecular formula is C23H23NO5. The lowest BCUT2D eigenvalue weighted by Crippen LogP contribution is -2.34. The Hall–Kier alpha value is -3.15. The number of carboxylic acids is 1. The number of carbonyl (C=O) groups excluding carboxylic acids is 2. The molecule has 6 nitrogen and oxygen atoms in total. The maximum atomic E-state index is 12.5. The summed E-state index contributed by atoms with van der Waals surface area (Å²) in [6.45, 7) is 0.577. The second kappa shape index (κ2) is 8.07. The highest BCUT2D eigenvalue weighted by Gasteiger charge is 2.24. The van der Waals surface area contributed by atoms with Gasteiger partial charge in [-0.05, 0) is 59.7 Å². The van der Waals surface area contributed by atoms with Crippen LogP contribution in [-0.2, 0) is 28.9 Å². The molecule has 1 amide bonds. The molecule has 29 heavy (non-hydrogen) atoms. The Morgan fingerprint density at radius 3 is 2.62 bits per heavy atom. The fourth-order valence-corrected chi connectivity index (χ4v) is 4.02. The third-order valence-electron chi connectivity index (χ3n) is 5.60. The second-order valence-corrected chi connectivity index (χ2v) is 7.56. The van der Waals surface area contributed by atoms with Crippen molar-refractivity contribution in [2.24, 2.45) is 0 Å². The molecular weight excluding hydrogens is 370 g/mol. The van der Waals surface area contributed by atoms with Gasteiger partial charge in [0, 0.05) is 24.8 Å². The van der Waals surface area contributed by atoms with Gasteiger partial charge < -0.3 is 15.2 Å². The van der Waals surface area contributed by atoms with E-state index < -0.39 is 17.9 Å². The maximum absolute atomic E-state index is 12.5. The summed E-state index contributed by atoms with van der Waals surface area (Å²) < 4.78 is 5.44. The standard InChI is InChI=1S/C23H23NO5/c25-19(16-5-4-14-2-1-3-15(14)12-16)7-9-21(26)24-22(23(27)28)18-6-8-20-17(13-18)10-11-29-20/h4-6,8,12-13,22H,1-3,7,9-11H2,(H,24,26)(H,27,28). The van der Waals surface area contributed by atoms with E-state index in [-0.39, 0.29) is 18.6 Å². The van der Waals surface area contributed by atoms with Crippen LogP contribution in [0.15, 0.2) is 36.4 Å². The highest BCUT2D eigenvalue weighted by Crippen LogP contribution is 2.28. The van der Waals surface area contributed by atoms with E-state index in [0.717, 1.165) is 37.0 Å². The zero-order chi connectivity index (χ0) is 20.4. The lowest BCUT2D eigenvalue weighted by atomic mass is 10.0. The Labute approximate surface area is 168 Å². The number of carbonyl (C=O) groups is 3. The van der Waals surface area contributed by atoms with E-state index in [1.165, 1.54) is 11.1 Å². The van der Waals surface area contributed by atoms with E-state index in [2.05, 4.69) is 5.32 Å². The number of rotatable bonds is 7. The van der Waals surface area contributed by atoms with Crippen LogP contribution in [0.4, 0.5) is 0 Å². The molecule has 150 valence electrons. The fraction of sp³-hybridized carbons (Fsp3) is 0.348. The highest BCUT2D eigenvalue weighted by molar-refractivity contribution is 5.98. The van der Waals surface area contributed by atoms with Crippen LogP contribution in [0.2, 0.25) is 0 Å². The number of carboxylic acid groups (broad SMARTS) is 1. The Bertz CT molecular complexity index is 981. The Morgan fingerprint density at radius 2 is 1.79 bits per heavy atom. The van der Waals surface area contributed by atoms with Crippen molar-refractivity contribution < 1.29 is 24.2 Å². The minimum Gasteiger partial charge on any atom is -0.493 e. The van der Waals surface area contributed by atoms with Crippen LogP contribution < -0.4 is 10.1 Å². The van der Waals surface area contributed by atoms with Gasteiger partial charge in [0.05, 0.1) is 6.61 Å². The predicted octanol–water partition coefficient (Wildman–Crippen LogP) is 3.02. The van der Waals surface area contributed by atoms with Crippen LogP contribution >= 0.6 is 0 Å². The number of fused-ring (bicyclic) bond motifs is 2. The number of aryl methyl sites for hydroxylation is 2. The number of hydrogen-bond donors (Lipinski definition) is 2. The van der Waals surface area contributed by atoms with Gasteiger partial charge in [-0.3, -0.25) is 9.59 Å². The van der Waals surface area contributed by atoms with Crippen molar-refractivity contribution in [3.05, 3.63) is 64.2 Å². The predicted molar refractivity (Wildman–Crippen MR) is 106 cm³/mol. The third-order valence-corrected chi connectivity index (χ3v) is 5.60. The van der Waals surface area contributed by atoms with Gasteiger partial charge in [0.2, 0.25) is 5.91 Å². The van der Waals surface area contributed by atoms with E-state index in [4.69, 9.17) is 4.74 Å². The molecule has 6 heteroatoms. The summed E-state index contributed by atoms with van der Waals surface area (Å²) in [5, 5.41) is 12.1. The lowest BCUT2D eigenvalue weighted by molar-refractivity contribution is -0.142. The first kappa shape index (κ1) is 19.2. The summed E-state index contributed by atoms with van der Waals surface area (Å²) in [5.41, 5.74) is 4.57. The highest BCUT2D eigenvalue weighted by atomic mass is 16.5. The number of nitrogens with one attached hydrogen (secondary N) is 1. The number of ketones is 1. The molecule has 1 atom stereocenters. The zero-order valence-corrected chi connectivity index (χ0v) is 16.1. The van der Waals surface area contributed by atoms with Gasteiger partial charge in [-0.2, -0.15) is 0 Å². The largest absolute Gasteiger partial charge is 0.493 e. The quantitative estimate of drug-likeness (QED) is 0.706. The molecule has 0 saturated carbocycles. The minimum atomic E-state index is -1.15. The molecule has 0 spiro atoms. The van der Waals surface area contributed by atoms with Gasteiger partial charge in [0.15, 0.2) is 11.8 Å². The molecule has 1 aliphatic carbocycles. The lowest BCUT2D eigenvalue weighted by Gasteiger charge is -2.16. The summed E-state index contributed by atoms with van der Waals surface area (Å²) in [5.74, 6) is -0.939. The van der Waals surface area contributed by atoms with Crippen molar-refractivity contribution in [2.45, 2.75) is 44.6 Å². The van der Waals surface area contributed by atoms with Gasteiger partial charge in [-0.25, -0.2) is 4.79 Å². The number of aliphatic carboxylic acids is 1. The second-order valence-electron chi connectivity index (χ2n) is 7.56. The van der Waals surface area contributed by atoms with Crippen LogP contribution in [0.3, 0.4) is 0 Å². The number of Topliss-reactive ketones (excluding diaryl/α,β-unsaturated/α-hetero) is 1. The maximum Gasteiger partial charge on any atom is 0.330 e. The van der Waals surface area contributed by atoms with Gasteiger partial charge in [-0.1, -0.05) is 18.2 Å². The molecule has 0 saturated heterocycles. The van der Waals surface area contributed by atoms with Crippen LogP contribution in [0, 0.1) is 0 Å². The van der Waals surface area contributed by atoms with Crippen molar-refractivity contribution in [3.8, 4) is 5.75 Å². The fourth-order valence-electron chi connectivity index (χ4n) is 4.02. The molecule has 1 aliphatic heterocycles. The van der Waals surface area contributed by atoms with Crippen molar-refractivity contribution in [3.63, 3.8) is 0 Å². The number of ether oxygens (including phenoxy) is 1. The molecule has 1 heterocycles. The average molecular weight is 393 g/mol. The normalized spacial score (nSPS) is 15.2. The molecule has 2 N–H and O–H groups in total. The van der Waals surface area contributed by atoms with E-state index in [9.17, 15) is 19.5 Å². The van der Waals surface area contributed by atoms with Crippen molar-refractivity contribution in [1.29, 1.82) is 0 Å². The first-order valence-corrected chi connectivity index (χ1v) is 9.94. The van der Waals surface area contributed by atoms with Crippen molar-refractivity contribution >= 4 is 17.7 Å². The minimum absolute atomic E-state index is 0.0479. The SMILES string of the molecule is O=C(CCC(=O)c1ccc2c(c1)CCC2)NC(C(=O)O)c1ccc2c(c1)CCO2. The van der Waals surface area contributed by atoms with E-state index >= 15 is 0 Å². The number of amides is 1. The van der Waals surface area contributed by atoms with E-state index in [0.29, 0.717) is 17.7 Å². The molecule has 0 radical (unpaired) electrons. The molecule has 0 bridgehead atoms. The van der Waals surface area contributed by atoms with Crippen LogP contribution in [0.5, 0.6) is 5.75 Å².